The van der Waals surface area contributed by atoms with Gasteiger partial charge in [0.1, 0.15) is 0 Å². The molecule has 0 aliphatic rings. The quantitative estimate of drug-likeness (QED) is 0.681. The Kier molecular flexibility index (Phi) is 7.52. The van der Waals surface area contributed by atoms with Crippen LogP contribution in [-0.2, 0) is 11.2 Å². The average molecular weight is 355 g/mol. The molecule has 0 saturated carbocycles. The third kappa shape index (κ3) is 5.80. The first-order valence-corrected chi connectivity index (χ1v) is 9.17. The molecule has 1 amide bonds. The van der Waals surface area contributed by atoms with E-state index < -0.39 is 6.10 Å². The summed E-state index contributed by atoms with van der Waals surface area (Å²) in [6.45, 7) is 6.76. The Morgan fingerprint density at radius 2 is 1.65 bits per heavy atom. The molecule has 0 aromatic heterocycles. The molecule has 0 heterocycles. The van der Waals surface area contributed by atoms with E-state index in [1.807, 2.05) is 18.2 Å². The lowest BCUT2D eigenvalue weighted by atomic mass is 10.0. The Hall–Kier alpha value is -2.49. The van der Waals surface area contributed by atoms with E-state index in [2.05, 4.69) is 43.4 Å². The molecule has 1 N–H and O–H groups in total. The van der Waals surface area contributed by atoms with Gasteiger partial charge in [0, 0.05) is 6.54 Å². The first-order chi connectivity index (χ1) is 12.5. The molecule has 0 aliphatic carbocycles. The van der Waals surface area contributed by atoms with Crippen LogP contribution in [0.5, 0.6) is 11.5 Å². The number of hydrogen-bond donors (Lipinski definition) is 1. The van der Waals surface area contributed by atoms with E-state index >= 15 is 0 Å². The molecule has 2 aromatic carbocycles. The van der Waals surface area contributed by atoms with E-state index in [1.165, 1.54) is 11.1 Å². The van der Waals surface area contributed by atoms with Crippen molar-refractivity contribution in [1.29, 1.82) is 0 Å². The number of amides is 1. The SMILES string of the molecule is COc1ccccc1O[C@@H](C)C(=O)NCCCc1ccc(C(C)C)cc1. The van der Waals surface area contributed by atoms with Crippen LogP contribution in [-0.4, -0.2) is 25.7 Å². The number of benzene rings is 2. The molecule has 0 saturated heterocycles. The number of para-hydroxylation sites is 2. The molecule has 0 bridgehead atoms. The highest BCUT2D eigenvalue weighted by Crippen LogP contribution is 2.26. The van der Waals surface area contributed by atoms with Crippen molar-refractivity contribution in [2.45, 2.75) is 45.6 Å². The van der Waals surface area contributed by atoms with Crippen LogP contribution >= 0.6 is 0 Å². The van der Waals surface area contributed by atoms with Gasteiger partial charge in [-0.3, -0.25) is 4.79 Å². The van der Waals surface area contributed by atoms with E-state index in [0.29, 0.717) is 24.0 Å². The van der Waals surface area contributed by atoms with Crippen molar-refractivity contribution in [3.8, 4) is 11.5 Å². The standard InChI is InChI=1S/C22H29NO3/c1-16(2)19-13-11-18(12-14-19)8-7-15-23-22(24)17(3)26-21-10-6-5-9-20(21)25-4/h5-6,9-14,16-17H,7-8,15H2,1-4H3,(H,23,24)/t17-/m0/s1. The summed E-state index contributed by atoms with van der Waals surface area (Å²) in [5, 5.41) is 2.94. The minimum Gasteiger partial charge on any atom is -0.493 e. The maximum atomic E-state index is 12.2. The Morgan fingerprint density at radius 3 is 2.27 bits per heavy atom. The predicted octanol–water partition coefficient (Wildman–Crippen LogP) is 4.33. The normalized spacial score (nSPS) is 11.9. The summed E-state index contributed by atoms with van der Waals surface area (Å²) < 4.78 is 11.0. The molecular formula is C22H29NO3. The fraction of sp³-hybridized carbons (Fsp3) is 0.409. The molecule has 0 fully saturated rings. The molecule has 1 atom stereocenters. The molecule has 26 heavy (non-hydrogen) atoms. The highest BCUT2D eigenvalue weighted by Gasteiger charge is 2.16. The van der Waals surface area contributed by atoms with Gasteiger partial charge in [0.25, 0.3) is 5.91 Å². The van der Waals surface area contributed by atoms with Gasteiger partial charge in [0.15, 0.2) is 17.6 Å². The highest BCUT2D eigenvalue weighted by atomic mass is 16.5. The Morgan fingerprint density at radius 1 is 1.00 bits per heavy atom. The Balaban J connectivity index is 1.74. The second-order valence-corrected chi connectivity index (χ2v) is 6.70. The second-order valence-electron chi connectivity index (χ2n) is 6.70. The zero-order chi connectivity index (χ0) is 18.9. The lowest BCUT2D eigenvalue weighted by Gasteiger charge is -2.16. The van der Waals surface area contributed by atoms with E-state index in [0.717, 1.165) is 12.8 Å². The van der Waals surface area contributed by atoms with Crippen molar-refractivity contribution >= 4 is 5.91 Å². The average Bonchev–Trinajstić information content (AvgIpc) is 2.65. The smallest absolute Gasteiger partial charge is 0.260 e. The van der Waals surface area contributed by atoms with Gasteiger partial charge in [-0.25, -0.2) is 0 Å². The summed E-state index contributed by atoms with van der Waals surface area (Å²) in [6, 6.07) is 16.0. The van der Waals surface area contributed by atoms with E-state index in [1.54, 1.807) is 20.1 Å². The van der Waals surface area contributed by atoms with Crippen molar-refractivity contribution in [2.24, 2.45) is 0 Å². The Labute approximate surface area is 156 Å². The van der Waals surface area contributed by atoms with E-state index in [-0.39, 0.29) is 5.91 Å². The van der Waals surface area contributed by atoms with Gasteiger partial charge in [0.2, 0.25) is 0 Å². The third-order valence-electron chi connectivity index (χ3n) is 4.33. The monoisotopic (exact) mass is 355 g/mol. The summed E-state index contributed by atoms with van der Waals surface area (Å²) in [7, 11) is 1.58. The first-order valence-electron chi connectivity index (χ1n) is 9.17. The van der Waals surface area contributed by atoms with Crippen LogP contribution in [0, 0.1) is 0 Å². The molecule has 2 aromatic rings. The van der Waals surface area contributed by atoms with Gasteiger partial charge in [-0.1, -0.05) is 50.2 Å². The molecule has 2 rings (SSSR count). The van der Waals surface area contributed by atoms with Crippen molar-refractivity contribution in [3.63, 3.8) is 0 Å². The lowest BCUT2D eigenvalue weighted by Crippen LogP contribution is -2.37. The topological polar surface area (TPSA) is 47.6 Å². The lowest BCUT2D eigenvalue weighted by molar-refractivity contribution is -0.127. The van der Waals surface area contributed by atoms with Gasteiger partial charge < -0.3 is 14.8 Å². The summed E-state index contributed by atoms with van der Waals surface area (Å²) >= 11 is 0. The number of aryl methyl sites for hydroxylation is 1. The fourth-order valence-corrected chi connectivity index (χ4v) is 2.68. The second kappa shape index (κ2) is 9.85. The van der Waals surface area contributed by atoms with Crippen LogP contribution in [0.1, 0.15) is 44.2 Å². The number of methoxy groups -OCH3 is 1. The minimum atomic E-state index is -0.573. The summed E-state index contributed by atoms with van der Waals surface area (Å²) in [5.74, 6) is 1.62. The van der Waals surface area contributed by atoms with Gasteiger partial charge in [0.05, 0.1) is 7.11 Å². The van der Waals surface area contributed by atoms with Crippen molar-refractivity contribution in [3.05, 3.63) is 59.7 Å². The predicted molar refractivity (Wildman–Crippen MR) is 105 cm³/mol. The summed E-state index contributed by atoms with van der Waals surface area (Å²) in [6.07, 6.45) is 1.27. The summed E-state index contributed by atoms with van der Waals surface area (Å²) in [4.78, 5) is 12.2. The molecule has 4 nitrogen and oxygen atoms in total. The molecule has 4 heteroatoms. The van der Waals surface area contributed by atoms with Crippen LogP contribution in [0.2, 0.25) is 0 Å². The van der Waals surface area contributed by atoms with Crippen LogP contribution < -0.4 is 14.8 Å². The summed E-state index contributed by atoms with van der Waals surface area (Å²) in [5.41, 5.74) is 2.64. The van der Waals surface area contributed by atoms with Crippen LogP contribution in [0.4, 0.5) is 0 Å². The molecule has 140 valence electrons. The largest absolute Gasteiger partial charge is 0.493 e. The van der Waals surface area contributed by atoms with E-state index in [4.69, 9.17) is 9.47 Å². The minimum absolute atomic E-state index is 0.119. The van der Waals surface area contributed by atoms with E-state index in [9.17, 15) is 4.79 Å². The highest BCUT2D eigenvalue weighted by molar-refractivity contribution is 5.80. The number of carbonyl (C=O) groups is 1. The van der Waals surface area contributed by atoms with Gasteiger partial charge in [-0.05, 0) is 48.9 Å². The number of carbonyl (C=O) groups excluding carboxylic acids is 1. The van der Waals surface area contributed by atoms with Crippen molar-refractivity contribution in [2.75, 3.05) is 13.7 Å². The molecule has 0 aliphatic heterocycles. The van der Waals surface area contributed by atoms with Gasteiger partial charge in [-0.2, -0.15) is 0 Å². The molecule has 0 spiro atoms. The van der Waals surface area contributed by atoms with Crippen molar-refractivity contribution in [1.82, 2.24) is 5.32 Å². The Bertz CT molecular complexity index is 695. The first kappa shape index (κ1) is 19.8. The number of rotatable bonds is 9. The molecular weight excluding hydrogens is 326 g/mol. The van der Waals surface area contributed by atoms with Crippen LogP contribution in [0.15, 0.2) is 48.5 Å². The van der Waals surface area contributed by atoms with Crippen LogP contribution in [0.3, 0.4) is 0 Å². The van der Waals surface area contributed by atoms with Gasteiger partial charge >= 0.3 is 0 Å². The zero-order valence-corrected chi connectivity index (χ0v) is 16.1. The molecule has 0 unspecified atom stereocenters. The maximum absolute atomic E-state index is 12.2. The third-order valence-corrected chi connectivity index (χ3v) is 4.33. The fourth-order valence-electron chi connectivity index (χ4n) is 2.68. The number of hydrogen-bond acceptors (Lipinski definition) is 3. The number of nitrogens with one attached hydrogen (secondary N) is 1. The van der Waals surface area contributed by atoms with Crippen LogP contribution in [0.25, 0.3) is 0 Å². The molecule has 0 radical (unpaired) electrons. The number of ether oxygens (including phenoxy) is 2. The van der Waals surface area contributed by atoms with Gasteiger partial charge in [-0.15, -0.1) is 0 Å². The van der Waals surface area contributed by atoms with Crippen molar-refractivity contribution < 1.29 is 14.3 Å². The maximum Gasteiger partial charge on any atom is 0.260 e. The zero-order valence-electron chi connectivity index (χ0n) is 16.1.